The van der Waals surface area contributed by atoms with Crippen LogP contribution in [0.4, 0.5) is 86.0 Å². The summed E-state index contributed by atoms with van der Waals surface area (Å²) in [7, 11) is 0. The second kappa shape index (κ2) is 8.99. The lowest BCUT2D eigenvalue weighted by Crippen LogP contribution is -2.75. The molecule has 0 aromatic heterocycles. The maximum absolute atomic E-state index is 13.9. The van der Waals surface area contributed by atoms with Crippen molar-refractivity contribution in [2.75, 3.05) is 5.32 Å². The highest BCUT2D eigenvalue weighted by Gasteiger charge is 2.95. The molecule has 1 N–H and O–H groups in total. The number of nitrogens with one attached hydrogen (secondary N) is 1. The van der Waals surface area contributed by atoms with Crippen LogP contribution in [0.25, 0.3) is 0 Å². The summed E-state index contributed by atoms with van der Waals surface area (Å²) in [6, 6.07) is 1.38. The van der Waals surface area contributed by atoms with Crippen molar-refractivity contribution in [3.8, 4) is 0 Å². The maximum Gasteiger partial charge on any atom is 0.460 e. The number of aryl methyl sites for hydroxylation is 1. The van der Waals surface area contributed by atoms with Crippen LogP contribution in [0.15, 0.2) is 18.2 Å². The summed E-state index contributed by atoms with van der Waals surface area (Å²) in [5.41, 5.74) is -2.86. The number of carbonyl (C=O) groups is 1. The van der Waals surface area contributed by atoms with Crippen LogP contribution >= 0.6 is 0 Å². The minimum Gasteiger partial charge on any atom is -0.320 e. The van der Waals surface area contributed by atoms with E-state index in [4.69, 9.17) is 0 Å². The standard InChI is InChI=1S/C16H7F17N2O3/c1-5-2-3-6(35(37)38)4-7(5)34-8(36)9(17,18)10(19,20)11(21,22)12(23,24)13(25,26)14(27,28)15(29,30)16(31,32)33/h2-4H,1H3,(H,34,36). The zero-order valence-corrected chi connectivity index (χ0v) is 17.3. The van der Waals surface area contributed by atoms with E-state index in [1.165, 1.54) is 0 Å². The van der Waals surface area contributed by atoms with Crippen molar-refractivity contribution < 1.29 is 84.4 Å². The molecule has 0 bridgehead atoms. The monoisotopic (exact) mass is 598 g/mol. The fourth-order valence-corrected chi connectivity index (χ4v) is 2.37. The topological polar surface area (TPSA) is 72.2 Å². The molecular formula is C16H7F17N2O3. The average Bonchev–Trinajstić information content (AvgIpc) is 2.73. The molecule has 5 nitrogen and oxygen atoms in total. The Kier molecular flexibility index (Phi) is 7.79. The number of nitrogens with zero attached hydrogens (tertiary/aromatic N) is 1. The lowest BCUT2D eigenvalue weighted by atomic mass is 9.88. The normalized spacial score (nSPS) is 14.9. The van der Waals surface area contributed by atoms with Crippen LogP contribution in [-0.4, -0.2) is 58.5 Å². The number of hydrogen-bond acceptors (Lipinski definition) is 3. The summed E-state index contributed by atoms with van der Waals surface area (Å²) in [5.74, 6) is -62.6. The molecule has 0 fully saturated rings. The van der Waals surface area contributed by atoms with Gasteiger partial charge in [0.05, 0.1) is 10.6 Å². The van der Waals surface area contributed by atoms with Crippen molar-refractivity contribution in [1.82, 2.24) is 0 Å². The van der Waals surface area contributed by atoms with Gasteiger partial charge in [0.2, 0.25) is 0 Å². The zero-order valence-electron chi connectivity index (χ0n) is 17.3. The molecule has 0 aliphatic rings. The Morgan fingerprint density at radius 1 is 0.684 bits per heavy atom. The lowest BCUT2D eigenvalue weighted by molar-refractivity contribution is -0.459. The first-order valence-corrected chi connectivity index (χ1v) is 8.74. The molecule has 0 unspecified atom stereocenters. The molecular weight excluding hydrogens is 591 g/mol. The number of hydrogen-bond donors (Lipinski definition) is 1. The summed E-state index contributed by atoms with van der Waals surface area (Å²) in [6.45, 7) is 0.807. The van der Waals surface area contributed by atoms with Gasteiger partial charge in [0, 0.05) is 12.1 Å². The highest BCUT2D eigenvalue weighted by Crippen LogP contribution is 2.64. The van der Waals surface area contributed by atoms with Gasteiger partial charge in [-0.2, -0.15) is 74.6 Å². The van der Waals surface area contributed by atoms with Gasteiger partial charge in [-0.3, -0.25) is 14.9 Å². The lowest BCUT2D eigenvalue weighted by Gasteiger charge is -2.42. The number of nitro benzene ring substituents is 1. The summed E-state index contributed by atoms with van der Waals surface area (Å²) < 4.78 is 225. The van der Waals surface area contributed by atoms with E-state index in [0.717, 1.165) is 6.92 Å². The van der Waals surface area contributed by atoms with Crippen molar-refractivity contribution in [2.24, 2.45) is 0 Å². The van der Waals surface area contributed by atoms with Crippen LogP contribution in [0.1, 0.15) is 5.56 Å². The Bertz CT molecular complexity index is 1100. The Balaban J connectivity index is 3.63. The number of benzene rings is 1. The van der Waals surface area contributed by atoms with Crippen molar-refractivity contribution in [3.05, 3.63) is 33.9 Å². The van der Waals surface area contributed by atoms with Gasteiger partial charge >= 0.3 is 53.5 Å². The number of halogens is 17. The molecule has 0 aliphatic heterocycles. The van der Waals surface area contributed by atoms with E-state index >= 15 is 0 Å². The molecule has 1 amide bonds. The van der Waals surface area contributed by atoms with Gasteiger partial charge in [0.25, 0.3) is 5.69 Å². The second-order valence-electron chi connectivity index (χ2n) is 7.23. The van der Waals surface area contributed by atoms with E-state index < -0.39 is 75.4 Å². The first-order valence-electron chi connectivity index (χ1n) is 8.74. The molecule has 0 saturated carbocycles. The Labute approximate surface area is 196 Å². The SMILES string of the molecule is Cc1ccc([N+](=O)[O-])cc1NC(=O)C(F)(F)C(F)(F)C(F)(F)C(F)(F)C(F)(F)C(F)(F)C(F)(F)C(F)(F)F. The van der Waals surface area contributed by atoms with Crippen LogP contribution in [0.3, 0.4) is 0 Å². The number of rotatable bonds is 9. The number of alkyl halides is 17. The van der Waals surface area contributed by atoms with Crippen molar-refractivity contribution in [2.45, 2.75) is 54.6 Å². The fraction of sp³-hybridized carbons (Fsp3) is 0.562. The summed E-state index contributed by atoms with van der Waals surface area (Å²) in [5, 5.41) is 11.3. The number of non-ortho nitro benzene ring substituents is 1. The van der Waals surface area contributed by atoms with Crippen LogP contribution in [0.2, 0.25) is 0 Å². The Morgan fingerprint density at radius 3 is 1.42 bits per heavy atom. The van der Waals surface area contributed by atoms with E-state index in [9.17, 15) is 89.5 Å². The molecule has 0 saturated heterocycles. The first kappa shape index (κ1) is 32.9. The molecule has 38 heavy (non-hydrogen) atoms. The van der Waals surface area contributed by atoms with E-state index in [0.29, 0.717) is 17.4 Å². The third-order valence-electron chi connectivity index (χ3n) is 4.69. The molecule has 1 aromatic carbocycles. The van der Waals surface area contributed by atoms with Gasteiger partial charge in [0.1, 0.15) is 0 Å². The molecule has 0 heterocycles. The number of nitro groups is 1. The minimum absolute atomic E-state index is 0.127. The van der Waals surface area contributed by atoms with Gasteiger partial charge in [-0.25, -0.2) is 0 Å². The molecule has 1 rings (SSSR count). The molecule has 1 aromatic rings. The summed E-state index contributed by atoms with van der Waals surface area (Å²) in [4.78, 5) is 20.9. The van der Waals surface area contributed by atoms with Crippen LogP contribution in [-0.2, 0) is 4.79 Å². The van der Waals surface area contributed by atoms with Gasteiger partial charge in [0.15, 0.2) is 0 Å². The van der Waals surface area contributed by atoms with Gasteiger partial charge in [-0.1, -0.05) is 6.07 Å². The van der Waals surface area contributed by atoms with Gasteiger partial charge in [-0.05, 0) is 12.5 Å². The zero-order chi connectivity index (χ0) is 30.7. The maximum atomic E-state index is 13.9. The van der Waals surface area contributed by atoms with Crippen LogP contribution in [0, 0.1) is 17.0 Å². The first-order chi connectivity index (χ1) is 16.5. The summed E-state index contributed by atoms with van der Waals surface area (Å²) >= 11 is 0. The smallest absolute Gasteiger partial charge is 0.320 e. The summed E-state index contributed by atoms with van der Waals surface area (Å²) in [6.07, 6.45) is -7.88. The van der Waals surface area contributed by atoms with Gasteiger partial charge in [-0.15, -0.1) is 0 Å². The predicted octanol–water partition coefficient (Wildman–Crippen LogP) is 6.85. The largest absolute Gasteiger partial charge is 0.460 e. The van der Waals surface area contributed by atoms with Crippen LogP contribution < -0.4 is 5.32 Å². The third-order valence-corrected chi connectivity index (χ3v) is 4.69. The Hall–Kier alpha value is -3.10. The molecule has 22 heteroatoms. The highest BCUT2D eigenvalue weighted by molar-refractivity contribution is 5.97. The minimum atomic E-state index is -8.83. The molecule has 0 radical (unpaired) electrons. The molecule has 0 atom stereocenters. The van der Waals surface area contributed by atoms with E-state index in [1.54, 1.807) is 0 Å². The molecule has 0 aliphatic carbocycles. The second-order valence-corrected chi connectivity index (χ2v) is 7.23. The van der Waals surface area contributed by atoms with E-state index in [1.807, 2.05) is 0 Å². The van der Waals surface area contributed by atoms with Crippen molar-refractivity contribution in [3.63, 3.8) is 0 Å². The van der Waals surface area contributed by atoms with Crippen molar-refractivity contribution >= 4 is 17.3 Å². The third kappa shape index (κ3) is 4.43. The highest BCUT2D eigenvalue weighted by atomic mass is 19.4. The van der Waals surface area contributed by atoms with Gasteiger partial charge < -0.3 is 5.32 Å². The Morgan fingerprint density at radius 2 is 1.05 bits per heavy atom. The predicted molar refractivity (Wildman–Crippen MR) is 87.1 cm³/mol. The number of anilines is 1. The van der Waals surface area contributed by atoms with Crippen LogP contribution in [0.5, 0.6) is 0 Å². The number of amides is 1. The molecule has 0 spiro atoms. The van der Waals surface area contributed by atoms with E-state index in [2.05, 4.69) is 0 Å². The quantitative estimate of drug-likeness (QED) is 0.192. The van der Waals surface area contributed by atoms with E-state index in [-0.39, 0.29) is 6.07 Å². The molecule has 218 valence electrons. The van der Waals surface area contributed by atoms with Crippen molar-refractivity contribution in [1.29, 1.82) is 0 Å². The number of carbonyl (C=O) groups excluding carboxylic acids is 1. The average molecular weight is 598 g/mol. The fourth-order valence-electron chi connectivity index (χ4n) is 2.37.